The van der Waals surface area contributed by atoms with Gasteiger partial charge in [0.2, 0.25) is 11.6 Å². The fourth-order valence-corrected chi connectivity index (χ4v) is 2.72. The van der Waals surface area contributed by atoms with Crippen LogP contribution in [0.2, 0.25) is 5.02 Å². The molecule has 2 heterocycles. The smallest absolute Gasteiger partial charge is 0.265 e. The van der Waals surface area contributed by atoms with Gasteiger partial charge in [-0.2, -0.15) is 0 Å². The maximum Gasteiger partial charge on any atom is 0.265 e. The van der Waals surface area contributed by atoms with Crippen molar-refractivity contribution in [2.45, 2.75) is 27.3 Å². The van der Waals surface area contributed by atoms with Crippen molar-refractivity contribution in [2.24, 2.45) is 0 Å². The molecule has 0 saturated carbocycles. The first-order valence-electron chi connectivity index (χ1n) is 7.38. The predicted octanol–water partition coefficient (Wildman–Crippen LogP) is 3.21. The van der Waals surface area contributed by atoms with Crippen molar-refractivity contribution in [1.82, 2.24) is 9.55 Å². The highest BCUT2D eigenvalue weighted by Crippen LogP contribution is 2.20. The molecule has 7 heteroatoms. The van der Waals surface area contributed by atoms with Gasteiger partial charge in [0.05, 0.1) is 0 Å². The Bertz CT molecular complexity index is 1000. The van der Waals surface area contributed by atoms with E-state index in [1.54, 1.807) is 32.0 Å². The van der Waals surface area contributed by atoms with E-state index in [0.717, 1.165) is 11.1 Å². The van der Waals surface area contributed by atoms with Gasteiger partial charge in [0.1, 0.15) is 24.0 Å². The summed E-state index contributed by atoms with van der Waals surface area (Å²) in [5, 5.41) is 3.78. The van der Waals surface area contributed by atoms with Crippen LogP contribution in [0.25, 0.3) is 11.1 Å². The number of nitrogens with one attached hydrogen (secondary N) is 1. The Labute approximate surface area is 143 Å². The second kappa shape index (κ2) is 6.13. The summed E-state index contributed by atoms with van der Waals surface area (Å²) in [5.41, 5.74) is 2.24. The molecule has 0 atom stereocenters. The number of anilines is 1. The van der Waals surface area contributed by atoms with Crippen molar-refractivity contribution >= 4 is 34.3 Å². The molecule has 0 unspecified atom stereocenters. The van der Waals surface area contributed by atoms with E-state index in [9.17, 15) is 9.59 Å². The van der Waals surface area contributed by atoms with Gasteiger partial charge in [0, 0.05) is 16.3 Å². The number of benzene rings is 1. The maximum atomic E-state index is 12.5. The molecule has 3 aromatic rings. The van der Waals surface area contributed by atoms with Crippen LogP contribution in [0.3, 0.4) is 0 Å². The van der Waals surface area contributed by atoms with Crippen LogP contribution in [0.15, 0.2) is 33.7 Å². The number of aromatic nitrogens is 2. The Kier molecular flexibility index (Phi) is 4.15. The summed E-state index contributed by atoms with van der Waals surface area (Å²) in [6.45, 7) is 5.29. The number of fused-ring (bicyclic) bond motifs is 1. The molecule has 3 rings (SSSR count). The summed E-state index contributed by atoms with van der Waals surface area (Å²) in [4.78, 5) is 28.9. The minimum atomic E-state index is -0.318. The summed E-state index contributed by atoms with van der Waals surface area (Å²) in [7, 11) is 0. The fourth-order valence-electron chi connectivity index (χ4n) is 2.49. The molecule has 0 bridgehead atoms. The summed E-state index contributed by atoms with van der Waals surface area (Å²) >= 11 is 5.90. The lowest BCUT2D eigenvalue weighted by atomic mass is 10.2. The molecule has 1 N–H and O–H groups in total. The van der Waals surface area contributed by atoms with Crippen LogP contribution in [-0.2, 0) is 11.3 Å². The highest BCUT2D eigenvalue weighted by atomic mass is 35.5. The lowest BCUT2D eigenvalue weighted by molar-refractivity contribution is -0.116. The third kappa shape index (κ3) is 2.92. The average molecular weight is 346 g/mol. The molecule has 1 amide bonds. The Morgan fingerprint density at radius 2 is 2.08 bits per heavy atom. The van der Waals surface area contributed by atoms with E-state index in [-0.39, 0.29) is 18.0 Å². The number of hydrogen-bond donors (Lipinski definition) is 1. The highest BCUT2D eigenvalue weighted by molar-refractivity contribution is 6.30. The quantitative estimate of drug-likeness (QED) is 0.790. The van der Waals surface area contributed by atoms with E-state index in [4.69, 9.17) is 16.0 Å². The number of aryl methyl sites for hydroxylation is 3. The first kappa shape index (κ1) is 16.3. The minimum Gasteiger partial charge on any atom is -0.443 e. The number of halogens is 1. The van der Waals surface area contributed by atoms with E-state index in [1.165, 1.54) is 10.9 Å². The first-order chi connectivity index (χ1) is 11.4. The van der Waals surface area contributed by atoms with Crippen LogP contribution in [-0.4, -0.2) is 15.5 Å². The lowest BCUT2D eigenvalue weighted by Gasteiger charge is -2.09. The molecular formula is C17H16ClN3O3. The van der Waals surface area contributed by atoms with Gasteiger partial charge in [-0.15, -0.1) is 0 Å². The lowest BCUT2D eigenvalue weighted by Crippen LogP contribution is -2.28. The van der Waals surface area contributed by atoms with Crippen molar-refractivity contribution < 1.29 is 9.21 Å². The van der Waals surface area contributed by atoms with E-state index in [0.29, 0.717) is 27.6 Å². The van der Waals surface area contributed by atoms with Gasteiger partial charge < -0.3 is 9.73 Å². The van der Waals surface area contributed by atoms with E-state index in [2.05, 4.69) is 10.3 Å². The third-order valence-electron chi connectivity index (χ3n) is 3.93. The summed E-state index contributed by atoms with van der Waals surface area (Å²) < 4.78 is 6.69. The third-order valence-corrected chi connectivity index (χ3v) is 4.17. The zero-order valence-corrected chi connectivity index (χ0v) is 14.3. The number of furan rings is 1. The van der Waals surface area contributed by atoms with E-state index >= 15 is 0 Å². The minimum absolute atomic E-state index is 0.131. The first-order valence-corrected chi connectivity index (χ1v) is 7.75. The molecule has 124 valence electrons. The Morgan fingerprint density at radius 3 is 2.79 bits per heavy atom. The topological polar surface area (TPSA) is 77.1 Å². The van der Waals surface area contributed by atoms with Crippen LogP contribution in [0, 0.1) is 20.8 Å². The fraction of sp³-hybridized carbons (Fsp3) is 0.235. The van der Waals surface area contributed by atoms with Gasteiger partial charge in [-0.1, -0.05) is 11.6 Å². The number of hydrogen-bond acceptors (Lipinski definition) is 4. The number of amides is 1. The molecule has 1 aromatic carbocycles. The van der Waals surface area contributed by atoms with Gasteiger partial charge in [-0.3, -0.25) is 14.2 Å². The van der Waals surface area contributed by atoms with Crippen molar-refractivity contribution in [2.75, 3.05) is 5.32 Å². The number of rotatable bonds is 3. The van der Waals surface area contributed by atoms with E-state index in [1.807, 2.05) is 6.92 Å². The Morgan fingerprint density at radius 1 is 1.33 bits per heavy atom. The van der Waals surface area contributed by atoms with Crippen LogP contribution in [0.1, 0.15) is 16.9 Å². The van der Waals surface area contributed by atoms with Gasteiger partial charge in [0.15, 0.2) is 0 Å². The monoisotopic (exact) mass is 345 g/mol. The van der Waals surface area contributed by atoms with Gasteiger partial charge >= 0.3 is 0 Å². The average Bonchev–Trinajstić information content (AvgIpc) is 2.81. The molecule has 0 aliphatic rings. The zero-order chi connectivity index (χ0) is 17.4. The van der Waals surface area contributed by atoms with Crippen molar-refractivity contribution in [1.29, 1.82) is 0 Å². The second-order valence-corrected chi connectivity index (χ2v) is 6.08. The summed E-state index contributed by atoms with van der Waals surface area (Å²) in [6.07, 6.45) is 1.32. The van der Waals surface area contributed by atoms with Crippen LogP contribution in [0.4, 0.5) is 5.69 Å². The SMILES string of the molecule is Cc1cc(Cl)ccc1NC(=O)Cn1cnc2oc(C)c(C)c2c1=O. The molecule has 0 radical (unpaired) electrons. The summed E-state index contributed by atoms with van der Waals surface area (Å²) in [6, 6.07) is 5.18. The molecule has 6 nitrogen and oxygen atoms in total. The normalized spacial score (nSPS) is 11.0. The molecule has 0 aliphatic carbocycles. The van der Waals surface area contributed by atoms with Crippen LogP contribution >= 0.6 is 11.6 Å². The standard InChI is InChI=1S/C17H16ClN3O3/c1-9-6-12(18)4-5-13(9)20-14(22)7-21-8-19-16-15(17(21)23)10(2)11(3)24-16/h4-6,8H,7H2,1-3H3,(H,20,22). The van der Waals surface area contributed by atoms with Gasteiger partial charge in [-0.05, 0) is 44.5 Å². The number of carbonyl (C=O) groups excluding carboxylic acids is 1. The molecule has 0 saturated heterocycles. The predicted molar refractivity (Wildman–Crippen MR) is 92.6 cm³/mol. The van der Waals surface area contributed by atoms with Crippen molar-refractivity contribution in [3.8, 4) is 0 Å². The molecule has 2 aromatic heterocycles. The molecule has 0 fully saturated rings. The Balaban J connectivity index is 1.87. The van der Waals surface area contributed by atoms with Crippen molar-refractivity contribution in [3.05, 3.63) is 56.8 Å². The van der Waals surface area contributed by atoms with Crippen LogP contribution in [0.5, 0.6) is 0 Å². The maximum absolute atomic E-state index is 12.5. The van der Waals surface area contributed by atoms with E-state index < -0.39 is 0 Å². The molecule has 0 aliphatic heterocycles. The number of carbonyl (C=O) groups is 1. The van der Waals surface area contributed by atoms with Crippen LogP contribution < -0.4 is 10.9 Å². The van der Waals surface area contributed by atoms with Gasteiger partial charge in [0.25, 0.3) is 5.56 Å². The van der Waals surface area contributed by atoms with Gasteiger partial charge in [-0.25, -0.2) is 4.98 Å². The second-order valence-electron chi connectivity index (χ2n) is 5.65. The van der Waals surface area contributed by atoms with Crippen molar-refractivity contribution in [3.63, 3.8) is 0 Å². The largest absolute Gasteiger partial charge is 0.443 e. The molecular weight excluding hydrogens is 330 g/mol. The number of nitrogens with zero attached hydrogens (tertiary/aromatic N) is 2. The highest BCUT2D eigenvalue weighted by Gasteiger charge is 2.15. The zero-order valence-electron chi connectivity index (χ0n) is 13.5. The molecule has 24 heavy (non-hydrogen) atoms. The summed E-state index contributed by atoms with van der Waals surface area (Å²) in [5.74, 6) is 0.329. The molecule has 0 spiro atoms. The Hall–Kier alpha value is -2.60.